The smallest absolute Gasteiger partial charge is 0.143 e. The Hall–Kier alpha value is -0.0600. The number of halogens is 2. The van der Waals surface area contributed by atoms with E-state index in [1.165, 1.54) is 0 Å². The van der Waals surface area contributed by atoms with Gasteiger partial charge in [-0.25, -0.2) is 0 Å². The van der Waals surface area contributed by atoms with E-state index in [1.807, 2.05) is 26.0 Å². The van der Waals surface area contributed by atoms with Crippen molar-refractivity contribution in [2.24, 2.45) is 5.73 Å². The van der Waals surface area contributed by atoms with Crippen molar-refractivity contribution in [1.82, 2.24) is 0 Å². The van der Waals surface area contributed by atoms with Crippen LogP contribution in [0.2, 0.25) is 0 Å². The molecule has 1 unspecified atom stereocenters. The second-order valence-electron chi connectivity index (χ2n) is 3.56. The summed E-state index contributed by atoms with van der Waals surface area (Å²) >= 11 is 6.57. The molecule has 1 aromatic rings. The van der Waals surface area contributed by atoms with E-state index >= 15 is 0 Å². The van der Waals surface area contributed by atoms with Gasteiger partial charge < -0.3 is 10.8 Å². The fraction of sp³-hybridized carbons (Fsp3) is 0.400. The molecule has 0 aliphatic carbocycles. The van der Waals surface area contributed by atoms with Gasteiger partial charge in [0.05, 0.1) is 8.95 Å². The first kappa shape index (κ1) is 12.0. The van der Waals surface area contributed by atoms with E-state index in [2.05, 4.69) is 31.9 Å². The van der Waals surface area contributed by atoms with Crippen LogP contribution in [0.1, 0.15) is 25.8 Å². The zero-order valence-electron chi connectivity index (χ0n) is 8.14. The molecule has 2 nitrogen and oxygen atoms in total. The lowest BCUT2D eigenvalue weighted by Crippen LogP contribution is -2.31. The summed E-state index contributed by atoms with van der Waals surface area (Å²) in [4.78, 5) is 0. The standard InChI is InChI=1S/C10H13Br2NO/c1-3-10(2,13)6-4-7(11)9(14)8(12)5-6/h4-5,14H,3,13H2,1-2H3. The number of phenolic OH excluding ortho intramolecular Hbond substituents is 1. The van der Waals surface area contributed by atoms with E-state index in [0.717, 1.165) is 12.0 Å². The summed E-state index contributed by atoms with van der Waals surface area (Å²) in [5.41, 5.74) is 6.74. The third-order valence-electron chi connectivity index (χ3n) is 2.41. The van der Waals surface area contributed by atoms with Crippen LogP contribution in [0.3, 0.4) is 0 Å². The fourth-order valence-electron chi connectivity index (χ4n) is 1.10. The van der Waals surface area contributed by atoms with Gasteiger partial charge in [0.15, 0.2) is 0 Å². The summed E-state index contributed by atoms with van der Waals surface area (Å²) in [5, 5.41) is 9.53. The molecule has 0 aromatic heterocycles. The maximum atomic E-state index is 9.53. The van der Waals surface area contributed by atoms with Gasteiger partial charge in [0.25, 0.3) is 0 Å². The first-order valence-electron chi connectivity index (χ1n) is 4.36. The highest BCUT2D eigenvalue weighted by atomic mass is 79.9. The molecule has 4 heteroatoms. The predicted octanol–water partition coefficient (Wildman–Crippen LogP) is 3.50. The van der Waals surface area contributed by atoms with Gasteiger partial charge in [-0.3, -0.25) is 0 Å². The molecular formula is C10H13Br2NO. The van der Waals surface area contributed by atoms with E-state index in [-0.39, 0.29) is 11.3 Å². The largest absolute Gasteiger partial charge is 0.506 e. The Morgan fingerprint density at radius 2 is 1.79 bits per heavy atom. The van der Waals surface area contributed by atoms with Crippen molar-refractivity contribution < 1.29 is 5.11 Å². The van der Waals surface area contributed by atoms with Gasteiger partial charge in [0.1, 0.15) is 5.75 Å². The average molecular weight is 323 g/mol. The van der Waals surface area contributed by atoms with Gasteiger partial charge in [-0.15, -0.1) is 0 Å². The van der Waals surface area contributed by atoms with E-state index in [0.29, 0.717) is 8.95 Å². The van der Waals surface area contributed by atoms with Gasteiger partial charge in [-0.05, 0) is 62.9 Å². The van der Waals surface area contributed by atoms with Crippen LogP contribution in [0.5, 0.6) is 5.75 Å². The van der Waals surface area contributed by atoms with Crippen LogP contribution < -0.4 is 5.73 Å². The quantitative estimate of drug-likeness (QED) is 0.875. The normalized spacial score (nSPS) is 15.2. The van der Waals surface area contributed by atoms with Crippen molar-refractivity contribution in [3.63, 3.8) is 0 Å². The summed E-state index contributed by atoms with van der Waals surface area (Å²) in [6.45, 7) is 4.01. The molecule has 0 amide bonds. The molecule has 0 bridgehead atoms. The van der Waals surface area contributed by atoms with E-state index < -0.39 is 0 Å². The van der Waals surface area contributed by atoms with Crippen molar-refractivity contribution in [3.05, 3.63) is 26.6 Å². The second-order valence-corrected chi connectivity index (χ2v) is 5.27. The van der Waals surface area contributed by atoms with Crippen molar-refractivity contribution in [3.8, 4) is 5.75 Å². The number of benzene rings is 1. The van der Waals surface area contributed by atoms with Gasteiger partial charge in [-0.2, -0.15) is 0 Å². The molecule has 0 saturated carbocycles. The minimum absolute atomic E-state index is 0.209. The van der Waals surface area contributed by atoms with Crippen LogP contribution >= 0.6 is 31.9 Å². The lowest BCUT2D eigenvalue weighted by atomic mass is 9.91. The average Bonchev–Trinajstić information content (AvgIpc) is 2.13. The molecule has 0 heterocycles. The van der Waals surface area contributed by atoms with Crippen LogP contribution in [-0.4, -0.2) is 5.11 Å². The van der Waals surface area contributed by atoms with Crippen LogP contribution in [0.15, 0.2) is 21.1 Å². The molecule has 1 atom stereocenters. The van der Waals surface area contributed by atoms with E-state index in [1.54, 1.807) is 0 Å². The molecule has 0 radical (unpaired) electrons. The Balaban J connectivity index is 3.26. The van der Waals surface area contributed by atoms with Gasteiger partial charge >= 0.3 is 0 Å². The molecule has 1 rings (SSSR count). The highest BCUT2D eigenvalue weighted by molar-refractivity contribution is 9.11. The highest BCUT2D eigenvalue weighted by Crippen LogP contribution is 2.36. The maximum Gasteiger partial charge on any atom is 0.143 e. The Morgan fingerprint density at radius 3 is 2.14 bits per heavy atom. The fourth-order valence-corrected chi connectivity index (χ4v) is 2.29. The lowest BCUT2D eigenvalue weighted by molar-refractivity contribution is 0.458. The summed E-state index contributed by atoms with van der Waals surface area (Å²) in [6.07, 6.45) is 0.844. The van der Waals surface area contributed by atoms with Gasteiger partial charge in [-0.1, -0.05) is 6.92 Å². The lowest BCUT2D eigenvalue weighted by Gasteiger charge is -2.24. The van der Waals surface area contributed by atoms with Gasteiger partial charge in [0.2, 0.25) is 0 Å². The number of nitrogens with two attached hydrogens (primary N) is 1. The van der Waals surface area contributed by atoms with Crippen LogP contribution in [0.4, 0.5) is 0 Å². The number of aromatic hydroxyl groups is 1. The van der Waals surface area contributed by atoms with Gasteiger partial charge in [0, 0.05) is 5.54 Å². The monoisotopic (exact) mass is 321 g/mol. The van der Waals surface area contributed by atoms with Crippen molar-refractivity contribution in [2.45, 2.75) is 25.8 Å². The van der Waals surface area contributed by atoms with Crippen molar-refractivity contribution >= 4 is 31.9 Å². The first-order chi connectivity index (χ1) is 6.38. The molecule has 1 aromatic carbocycles. The Kier molecular flexibility index (Phi) is 3.61. The molecule has 0 spiro atoms. The minimum atomic E-state index is -0.362. The predicted molar refractivity (Wildman–Crippen MR) is 65.3 cm³/mol. The molecule has 0 aliphatic heterocycles. The van der Waals surface area contributed by atoms with E-state index in [9.17, 15) is 5.11 Å². The zero-order valence-corrected chi connectivity index (χ0v) is 11.3. The first-order valence-corrected chi connectivity index (χ1v) is 5.94. The van der Waals surface area contributed by atoms with Crippen LogP contribution in [0.25, 0.3) is 0 Å². The van der Waals surface area contributed by atoms with Crippen molar-refractivity contribution in [2.75, 3.05) is 0 Å². The maximum absolute atomic E-state index is 9.53. The number of hydrogen-bond donors (Lipinski definition) is 2. The molecule has 0 aliphatic rings. The Morgan fingerprint density at radius 1 is 1.36 bits per heavy atom. The highest BCUT2D eigenvalue weighted by Gasteiger charge is 2.20. The molecule has 78 valence electrons. The molecule has 3 N–H and O–H groups in total. The van der Waals surface area contributed by atoms with E-state index in [4.69, 9.17) is 5.73 Å². The molecule has 0 fully saturated rings. The second kappa shape index (κ2) is 4.21. The number of rotatable bonds is 2. The summed E-state index contributed by atoms with van der Waals surface area (Å²) in [6, 6.07) is 3.70. The topological polar surface area (TPSA) is 46.2 Å². The Labute approximate surface area is 101 Å². The van der Waals surface area contributed by atoms with Crippen LogP contribution in [-0.2, 0) is 5.54 Å². The van der Waals surface area contributed by atoms with Crippen molar-refractivity contribution in [1.29, 1.82) is 0 Å². The molecule has 14 heavy (non-hydrogen) atoms. The SMILES string of the molecule is CCC(C)(N)c1cc(Br)c(O)c(Br)c1. The van der Waals surface area contributed by atoms with Crippen LogP contribution in [0, 0.1) is 0 Å². The zero-order chi connectivity index (χ0) is 10.9. The Bertz CT molecular complexity index is 327. The summed E-state index contributed by atoms with van der Waals surface area (Å²) in [5.74, 6) is 0.209. The third kappa shape index (κ3) is 2.30. The summed E-state index contributed by atoms with van der Waals surface area (Å²) in [7, 11) is 0. The molecular weight excluding hydrogens is 310 g/mol. The number of phenols is 1. The molecule has 0 saturated heterocycles. The number of hydrogen-bond acceptors (Lipinski definition) is 2. The summed E-state index contributed by atoms with van der Waals surface area (Å²) < 4.78 is 1.32. The third-order valence-corrected chi connectivity index (χ3v) is 3.62. The minimum Gasteiger partial charge on any atom is -0.506 e.